The zero-order valence-electron chi connectivity index (χ0n) is 9.18. The summed E-state index contributed by atoms with van der Waals surface area (Å²) in [7, 11) is 0. The Labute approximate surface area is 120 Å². The predicted octanol–water partition coefficient (Wildman–Crippen LogP) is 4.55. The van der Waals surface area contributed by atoms with Gasteiger partial charge in [-0.05, 0) is 30.3 Å². The van der Waals surface area contributed by atoms with Crippen LogP contribution in [-0.2, 0) is 0 Å². The summed E-state index contributed by atoms with van der Waals surface area (Å²) in [5, 5.41) is 4.40. The summed E-state index contributed by atoms with van der Waals surface area (Å²) in [5.41, 5.74) is 13.8. The van der Waals surface area contributed by atoms with Crippen LogP contribution in [0.1, 0.15) is 0 Å². The molecule has 0 atom stereocenters. The standard InChI is InChI=1S/C12H10Cl3N3/c13-7-4-9(15)12(5-8(7)14)18-6-1-2-10(16)11(17)3-6/h1-5,18H,16-17H2. The third kappa shape index (κ3) is 2.75. The SMILES string of the molecule is Nc1ccc(Nc2cc(Cl)c(Cl)cc2Cl)cc1N. The normalized spacial score (nSPS) is 10.4. The molecule has 0 saturated heterocycles. The molecule has 3 nitrogen and oxygen atoms in total. The molecule has 0 aliphatic rings. The molecule has 18 heavy (non-hydrogen) atoms. The summed E-state index contributed by atoms with van der Waals surface area (Å²) in [6.45, 7) is 0. The van der Waals surface area contributed by atoms with Crippen LogP contribution in [0.2, 0.25) is 15.1 Å². The van der Waals surface area contributed by atoms with E-state index in [1.54, 1.807) is 30.3 Å². The van der Waals surface area contributed by atoms with E-state index in [9.17, 15) is 0 Å². The lowest BCUT2D eigenvalue weighted by atomic mass is 10.2. The maximum atomic E-state index is 6.06. The van der Waals surface area contributed by atoms with Gasteiger partial charge in [-0.1, -0.05) is 34.8 Å². The predicted molar refractivity (Wildman–Crippen MR) is 80.0 cm³/mol. The Kier molecular flexibility index (Phi) is 3.76. The Morgan fingerprint density at radius 2 is 1.44 bits per heavy atom. The van der Waals surface area contributed by atoms with E-state index in [4.69, 9.17) is 46.3 Å². The van der Waals surface area contributed by atoms with Gasteiger partial charge >= 0.3 is 0 Å². The Hall–Kier alpha value is -1.29. The molecular formula is C12H10Cl3N3. The molecular weight excluding hydrogens is 293 g/mol. The molecule has 6 heteroatoms. The lowest BCUT2D eigenvalue weighted by Crippen LogP contribution is -1.97. The lowest BCUT2D eigenvalue weighted by molar-refractivity contribution is 1.54. The fourth-order valence-corrected chi connectivity index (χ4v) is 2.02. The average molecular weight is 303 g/mol. The fraction of sp³-hybridized carbons (Fsp3) is 0. The molecule has 0 aromatic heterocycles. The Morgan fingerprint density at radius 3 is 2.11 bits per heavy atom. The van der Waals surface area contributed by atoms with Crippen molar-refractivity contribution >= 4 is 57.6 Å². The molecule has 0 bridgehead atoms. The summed E-state index contributed by atoms with van der Waals surface area (Å²) in [5.74, 6) is 0. The van der Waals surface area contributed by atoms with Gasteiger partial charge in [0.1, 0.15) is 0 Å². The van der Waals surface area contributed by atoms with Crippen molar-refractivity contribution in [2.45, 2.75) is 0 Å². The minimum absolute atomic E-state index is 0.407. The van der Waals surface area contributed by atoms with Crippen LogP contribution < -0.4 is 16.8 Å². The number of nitrogen functional groups attached to an aromatic ring is 2. The van der Waals surface area contributed by atoms with Crippen molar-refractivity contribution in [3.63, 3.8) is 0 Å². The second kappa shape index (κ2) is 5.14. The summed E-state index contributed by atoms with van der Waals surface area (Å²) in [6, 6.07) is 8.45. The Balaban J connectivity index is 2.34. The van der Waals surface area contributed by atoms with E-state index in [1.807, 2.05) is 0 Å². The highest BCUT2D eigenvalue weighted by molar-refractivity contribution is 6.44. The van der Waals surface area contributed by atoms with Crippen molar-refractivity contribution in [1.82, 2.24) is 0 Å². The summed E-state index contributed by atoms with van der Waals surface area (Å²) in [4.78, 5) is 0. The maximum Gasteiger partial charge on any atom is 0.0656 e. The zero-order chi connectivity index (χ0) is 13.3. The van der Waals surface area contributed by atoms with E-state index in [1.165, 1.54) is 0 Å². The van der Waals surface area contributed by atoms with Gasteiger partial charge in [0.2, 0.25) is 0 Å². The first-order chi connectivity index (χ1) is 8.47. The topological polar surface area (TPSA) is 64.1 Å². The van der Waals surface area contributed by atoms with E-state index >= 15 is 0 Å². The average Bonchev–Trinajstić information content (AvgIpc) is 2.31. The number of hydrogen-bond acceptors (Lipinski definition) is 3. The molecule has 0 aliphatic carbocycles. The Morgan fingerprint density at radius 1 is 0.778 bits per heavy atom. The second-order valence-corrected chi connectivity index (χ2v) is 4.94. The molecule has 2 aromatic carbocycles. The van der Waals surface area contributed by atoms with Crippen LogP contribution >= 0.6 is 34.8 Å². The first-order valence-corrected chi connectivity index (χ1v) is 6.17. The fourth-order valence-electron chi connectivity index (χ4n) is 1.43. The third-order valence-electron chi connectivity index (χ3n) is 2.38. The Bertz CT molecular complexity index is 599. The molecule has 0 heterocycles. The van der Waals surface area contributed by atoms with Crippen LogP contribution in [-0.4, -0.2) is 0 Å². The minimum atomic E-state index is 0.407. The maximum absolute atomic E-state index is 6.06. The van der Waals surface area contributed by atoms with Gasteiger partial charge in [-0.3, -0.25) is 0 Å². The van der Waals surface area contributed by atoms with Gasteiger partial charge in [0.15, 0.2) is 0 Å². The number of benzene rings is 2. The summed E-state index contributed by atoms with van der Waals surface area (Å²) < 4.78 is 0. The quantitative estimate of drug-likeness (QED) is 0.563. The first-order valence-electron chi connectivity index (χ1n) is 5.04. The number of rotatable bonds is 2. The van der Waals surface area contributed by atoms with Gasteiger partial charge in [0.05, 0.1) is 32.1 Å². The smallest absolute Gasteiger partial charge is 0.0656 e. The molecule has 0 amide bonds. The van der Waals surface area contributed by atoms with Crippen molar-refractivity contribution in [2.24, 2.45) is 0 Å². The highest BCUT2D eigenvalue weighted by Gasteiger charge is 2.06. The van der Waals surface area contributed by atoms with Gasteiger partial charge in [-0.15, -0.1) is 0 Å². The van der Waals surface area contributed by atoms with Crippen LogP contribution in [0.25, 0.3) is 0 Å². The van der Waals surface area contributed by atoms with Crippen molar-refractivity contribution in [3.05, 3.63) is 45.4 Å². The van der Waals surface area contributed by atoms with Crippen molar-refractivity contribution in [2.75, 3.05) is 16.8 Å². The molecule has 0 radical (unpaired) electrons. The van der Waals surface area contributed by atoms with Gasteiger partial charge < -0.3 is 16.8 Å². The third-order valence-corrected chi connectivity index (χ3v) is 3.41. The van der Waals surface area contributed by atoms with Crippen molar-refractivity contribution < 1.29 is 0 Å². The number of nitrogens with two attached hydrogens (primary N) is 2. The summed E-state index contributed by atoms with van der Waals surface area (Å²) >= 11 is 17.8. The molecule has 2 aromatic rings. The van der Waals surface area contributed by atoms with E-state index in [0.717, 1.165) is 5.69 Å². The number of halogens is 3. The van der Waals surface area contributed by atoms with Crippen LogP contribution in [0.3, 0.4) is 0 Å². The van der Waals surface area contributed by atoms with Crippen LogP contribution in [0.5, 0.6) is 0 Å². The van der Waals surface area contributed by atoms with Crippen molar-refractivity contribution in [3.8, 4) is 0 Å². The number of hydrogen-bond donors (Lipinski definition) is 3. The second-order valence-electron chi connectivity index (χ2n) is 3.71. The lowest BCUT2D eigenvalue weighted by Gasteiger charge is -2.11. The number of nitrogens with one attached hydrogen (secondary N) is 1. The summed E-state index contributed by atoms with van der Waals surface area (Å²) in [6.07, 6.45) is 0. The van der Waals surface area contributed by atoms with Crippen LogP contribution in [0.15, 0.2) is 30.3 Å². The van der Waals surface area contributed by atoms with Gasteiger partial charge in [0, 0.05) is 5.69 Å². The molecule has 0 aliphatic heterocycles. The van der Waals surface area contributed by atoms with Crippen molar-refractivity contribution in [1.29, 1.82) is 0 Å². The highest BCUT2D eigenvalue weighted by Crippen LogP contribution is 2.34. The molecule has 0 saturated carbocycles. The molecule has 94 valence electrons. The highest BCUT2D eigenvalue weighted by atomic mass is 35.5. The van der Waals surface area contributed by atoms with E-state index < -0.39 is 0 Å². The van der Waals surface area contributed by atoms with E-state index in [2.05, 4.69) is 5.32 Å². The number of anilines is 4. The molecule has 5 N–H and O–H groups in total. The largest absolute Gasteiger partial charge is 0.397 e. The van der Waals surface area contributed by atoms with Gasteiger partial charge in [-0.2, -0.15) is 0 Å². The van der Waals surface area contributed by atoms with E-state index in [-0.39, 0.29) is 0 Å². The minimum Gasteiger partial charge on any atom is -0.397 e. The van der Waals surface area contributed by atoms with E-state index in [0.29, 0.717) is 32.1 Å². The molecule has 2 rings (SSSR count). The monoisotopic (exact) mass is 301 g/mol. The first kappa shape index (κ1) is 13.1. The van der Waals surface area contributed by atoms with Crippen LogP contribution in [0.4, 0.5) is 22.7 Å². The molecule has 0 unspecified atom stereocenters. The molecule has 0 fully saturated rings. The van der Waals surface area contributed by atoms with Gasteiger partial charge in [0.25, 0.3) is 0 Å². The molecule has 0 spiro atoms. The van der Waals surface area contributed by atoms with Gasteiger partial charge in [-0.25, -0.2) is 0 Å². The van der Waals surface area contributed by atoms with Crippen LogP contribution in [0, 0.1) is 0 Å². The zero-order valence-corrected chi connectivity index (χ0v) is 11.4.